The van der Waals surface area contributed by atoms with Gasteiger partial charge >= 0.3 is 0 Å². The Balaban J connectivity index is 1.72. The molecule has 0 spiro atoms. The monoisotopic (exact) mass is 337 g/mol. The van der Waals surface area contributed by atoms with Crippen LogP contribution in [0, 0.1) is 0 Å². The Labute approximate surface area is 144 Å². The van der Waals surface area contributed by atoms with Crippen LogP contribution in [-0.2, 0) is 13.2 Å². The first kappa shape index (κ1) is 16.8. The molecule has 7 heteroatoms. The van der Waals surface area contributed by atoms with Gasteiger partial charge in [0.15, 0.2) is 0 Å². The van der Waals surface area contributed by atoms with Gasteiger partial charge in [-0.25, -0.2) is 0 Å². The fourth-order valence-corrected chi connectivity index (χ4v) is 2.61. The molecule has 0 saturated heterocycles. The zero-order valence-electron chi connectivity index (χ0n) is 14.1. The van der Waals surface area contributed by atoms with E-state index in [9.17, 15) is 9.59 Å². The summed E-state index contributed by atoms with van der Waals surface area (Å²) in [5.41, 5.74) is 2.09. The Kier molecular flexibility index (Phi) is 4.85. The lowest BCUT2D eigenvalue weighted by molar-refractivity contribution is 0.0963. The predicted octanol–water partition coefficient (Wildman–Crippen LogP) is 1.24. The van der Waals surface area contributed by atoms with Gasteiger partial charge in [-0.2, -0.15) is 4.68 Å². The molecule has 7 nitrogen and oxygen atoms in total. The summed E-state index contributed by atoms with van der Waals surface area (Å²) in [6.07, 6.45) is 0. The highest BCUT2D eigenvalue weighted by Crippen LogP contribution is 2.08. The van der Waals surface area contributed by atoms with Crippen LogP contribution < -0.4 is 10.9 Å². The van der Waals surface area contributed by atoms with Crippen LogP contribution >= 0.6 is 0 Å². The summed E-state index contributed by atoms with van der Waals surface area (Å²) >= 11 is 0. The van der Waals surface area contributed by atoms with Gasteiger partial charge in [0.05, 0.1) is 12.1 Å². The topological polar surface area (TPSA) is 80.1 Å². The number of amides is 1. The van der Waals surface area contributed by atoms with Gasteiger partial charge in [-0.05, 0) is 36.9 Å². The van der Waals surface area contributed by atoms with Crippen molar-refractivity contribution in [3.05, 3.63) is 70.0 Å². The summed E-state index contributed by atoms with van der Waals surface area (Å²) in [4.78, 5) is 26.0. The average molecular weight is 337 g/mol. The van der Waals surface area contributed by atoms with E-state index in [1.807, 2.05) is 36.2 Å². The number of carbonyl (C=O) groups excluding carboxylic acids is 1. The summed E-state index contributed by atoms with van der Waals surface area (Å²) in [5, 5.41) is 11.2. The van der Waals surface area contributed by atoms with E-state index in [1.54, 1.807) is 31.3 Å². The first-order chi connectivity index (χ1) is 12.1. The maximum atomic E-state index is 12.5. The molecule has 1 amide bonds. The van der Waals surface area contributed by atoms with Gasteiger partial charge in [0, 0.05) is 19.2 Å². The Hall–Kier alpha value is -3.06. The van der Waals surface area contributed by atoms with Crippen molar-refractivity contribution in [2.75, 3.05) is 14.1 Å². The molecule has 3 aromatic rings. The van der Waals surface area contributed by atoms with Gasteiger partial charge in [0.25, 0.3) is 11.5 Å². The van der Waals surface area contributed by atoms with E-state index in [1.165, 1.54) is 4.68 Å². The van der Waals surface area contributed by atoms with Crippen LogP contribution in [0.3, 0.4) is 0 Å². The van der Waals surface area contributed by atoms with Crippen molar-refractivity contribution in [2.24, 2.45) is 0 Å². The second-order valence-electron chi connectivity index (χ2n) is 5.84. The molecule has 0 bridgehead atoms. The van der Waals surface area contributed by atoms with Crippen molar-refractivity contribution in [2.45, 2.75) is 13.2 Å². The van der Waals surface area contributed by atoms with Gasteiger partial charge in [-0.15, -0.1) is 5.10 Å². The Bertz CT molecular complexity index is 950. The van der Waals surface area contributed by atoms with Crippen LogP contribution in [0.1, 0.15) is 15.9 Å². The summed E-state index contributed by atoms with van der Waals surface area (Å²) in [6.45, 7) is 0.947. The highest BCUT2D eigenvalue weighted by molar-refractivity contribution is 5.93. The smallest absolute Gasteiger partial charge is 0.278 e. The molecule has 1 aromatic heterocycles. The third kappa shape index (κ3) is 3.72. The van der Waals surface area contributed by atoms with Crippen LogP contribution in [0.4, 0.5) is 0 Å². The van der Waals surface area contributed by atoms with Crippen LogP contribution in [0.15, 0.2) is 53.3 Å². The lowest BCUT2D eigenvalue weighted by Gasteiger charge is -2.17. The number of carbonyl (C=O) groups is 1. The molecule has 1 heterocycles. The van der Waals surface area contributed by atoms with E-state index in [2.05, 4.69) is 15.6 Å². The minimum atomic E-state index is -0.160. The molecule has 25 heavy (non-hydrogen) atoms. The van der Waals surface area contributed by atoms with Gasteiger partial charge in [0.1, 0.15) is 5.52 Å². The van der Waals surface area contributed by atoms with Crippen molar-refractivity contribution in [3.63, 3.8) is 0 Å². The third-order valence-electron chi connectivity index (χ3n) is 3.90. The molecular formula is C18H19N5O2. The number of fused-ring (bicyclic) bond motifs is 1. The Morgan fingerprint density at radius 2 is 1.88 bits per heavy atom. The van der Waals surface area contributed by atoms with Crippen molar-refractivity contribution < 1.29 is 4.79 Å². The maximum Gasteiger partial charge on any atom is 0.278 e. The molecule has 0 fully saturated rings. The lowest BCUT2D eigenvalue weighted by Crippen LogP contribution is -2.32. The van der Waals surface area contributed by atoms with E-state index >= 15 is 0 Å². The van der Waals surface area contributed by atoms with E-state index in [4.69, 9.17) is 0 Å². The summed E-state index contributed by atoms with van der Waals surface area (Å²) < 4.78 is 1.35. The Morgan fingerprint density at radius 3 is 2.60 bits per heavy atom. The summed E-state index contributed by atoms with van der Waals surface area (Å²) in [7, 11) is 3.50. The minimum absolute atomic E-state index is 0.113. The summed E-state index contributed by atoms with van der Waals surface area (Å²) in [6, 6.07) is 14.5. The zero-order valence-corrected chi connectivity index (χ0v) is 14.1. The van der Waals surface area contributed by atoms with Gasteiger partial charge in [-0.3, -0.25) is 14.5 Å². The minimum Gasteiger partial charge on any atom is -0.355 e. The predicted molar refractivity (Wildman–Crippen MR) is 95.1 cm³/mol. The lowest BCUT2D eigenvalue weighted by atomic mass is 10.1. The SMILES string of the molecule is CNC(=O)c1ccc(CN(C)Cn2nnc3ccccc3c2=O)cc1. The molecule has 0 aliphatic carbocycles. The fraction of sp³-hybridized carbons (Fsp3) is 0.222. The van der Waals surface area contributed by atoms with Crippen LogP contribution in [0.2, 0.25) is 0 Å². The number of rotatable bonds is 5. The molecule has 0 aliphatic heterocycles. The normalized spacial score (nSPS) is 11.0. The molecule has 0 atom stereocenters. The standard InChI is InChI=1S/C18H19N5O2/c1-19-17(24)14-9-7-13(8-10-14)11-22(2)12-23-18(25)15-5-3-4-6-16(15)20-21-23/h3-10H,11-12H2,1-2H3,(H,19,24). The largest absolute Gasteiger partial charge is 0.355 e. The fourth-order valence-electron chi connectivity index (χ4n) is 2.61. The van der Waals surface area contributed by atoms with E-state index in [-0.39, 0.29) is 11.5 Å². The maximum absolute atomic E-state index is 12.5. The number of benzene rings is 2. The molecular weight excluding hydrogens is 318 g/mol. The number of hydrogen-bond acceptors (Lipinski definition) is 5. The van der Waals surface area contributed by atoms with Crippen LogP contribution in [0.5, 0.6) is 0 Å². The van der Waals surface area contributed by atoms with Crippen molar-refractivity contribution in [1.29, 1.82) is 0 Å². The second kappa shape index (κ2) is 7.23. The first-order valence-corrected chi connectivity index (χ1v) is 7.90. The first-order valence-electron chi connectivity index (χ1n) is 7.90. The van der Waals surface area contributed by atoms with E-state index < -0.39 is 0 Å². The van der Waals surface area contributed by atoms with Crippen molar-refractivity contribution in [1.82, 2.24) is 25.2 Å². The molecule has 0 unspecified atom stereocenters. The third-order valence-corrected chi connectivity index (χ3v) is 3.90. The van der Waals surface area contributed by atoms with Crippen molar-refractivity contribution >= 4 is 16.8 Å². The molecule has 128 valence electrons. The number of aromatic nitrogens is 3. The van der Waals surface area contributed by atoms with Gasteiger partial charge in [0.2, 0.25) is 0 Å². The van der Waals surface area contributed by atoms with Crippen LogP contribution in [-0.4, -0.2) is 39.9 Å². The second-order valence-corrected chi connectivity index (χ2v) is 5.84. The molecule has 3 rings (SSSR count). The summed E-state index contributed by atoms with van der Waals surface area (Å²) in [5.74, 6) is -0.113. The van der Waals surface area contributed by atoms with E-state index in [0.29, 0.717) is 29.7 Å². The van der Waals surface area contributed by atoms with Crippen molar-refractivity contribution in [3.8, 4) is 0 Å². The Morgan fingerprint density at radius 1 is 1.16 bits per heavy atom. The molecule has 0 radical (unpaired) electrons. The quantitative estimate of drug-likeness (QED) is 0.758. The highest BCUT2D eigenvalue weighted by Gasteiger charge is 2.08. The molecule has 0 aliphatic rings. The molecule has 0 saturated carbocycles. The van der Waals surface area contributed by atoms with E-state index in [0.717, 1.165) is 5.56 Å². The average Bonchev–Trinajstić information content (AvgIpc) is 2.64. The van der Waals surface area contributed by atoms with Crippen LogP contribution in [0.25, 0.3) is 10.9 Å². The molecule has 1 N–H and O–H groups in total. The van der Waals surface area contributed by atoms with Gasteiger partial charge in [-0.1, -0.05) is 29.5 Å². The number of nitrogens with zero attached hydrogens (tertiary/aromatic N) is 4. The van der Waals surface area contributed by atoms with Gasteiger partial charge < -0.3 is 5.32 Å². The highest BCUT2D eigenvalue weighted by atomic mass is 16.1. The zero-order chi connectivity index (χ0) is 17.8. The molecule has 2 aromatic carbocycles. The number of hydrogen-bond donors (Lipinski definition) is 1. The number of nitrogens with one attached hydrogen (secondary N) is 1.